The number of para-hydroxylation sites is 1. The highest BCUT2D eigenvalue weighted by atomic mass is 32.2. The summed E-state index contributed by atoms with van der Waals surface area (Å²) in [6.07, 6.45) is 1.56. The summed E-state index contributed by atoms with van der Waals surface area (Å²) in [5.41, 5.74) is 4.55. The smallest absolute Gasteiger partial charge is 0.250 e. The molecule has 0 spiro atoms. The van der Waals surface area contributed by atoms with E-state index in [1.807, 2.05) is 42.5 Å². The first kappa shape index (κ1) is 20.4. The van der Waals surface area contributed by atoms with Crippen LogP contribution in [0.25, 0.3) is 0 Å². The number of carbonyl (C=O) groups excluding carboxylic acids is 1. The minimum atomic E-state index is -0.204. The van der Waals surface area contributed by atoms with E-state index in [2.05, 4.69) is 32.9 Å². The Bertz CT molecular complexity index is 932. The van der Waals surface area contributed by atoms with Gasteiger partial charge in [-0.05, 0) is 17.7 Å². The van der Waals surface area contributed by atoms with Crippen molar-refractivity contribution < 1.29 is 9.53 Å². The number of aromatic nitrogens is 2. The van der Waals surface area contributed by atoms with Crippen molar-refractivity contribution in [2.45, 2.75) is 14.4 Å². The predicted octanol–water partition coefficient (Wildman–Crippen LogP) is 4.08. The van der Waals surface area contributed by atoms with Crippen LogP contribution in [0.1, 0.15) is 11.1 Å². The Labute approximate surface area is 175 Å². The molecule has 0 saturated heterocycles. The number of nitrogens with zero attached hydrogens (tertiary/aromatic N) is 3. The molecule has 28 heavy (non-hydrogen) atoms. The molecule has 0 fully saturated rings. The van der Waals surface area contributed by atoms with Crippen molar-refractivity contribution in [1.29, 1.82) is 0 Å². The Kier molecular flexibility index (Phi) is 7.89. The van der Waals surface area contributed by atoms with Crippen molar-refractivity contribution in [2.24, 2.45) is 5.10 Å². The molecule has 1 aromatic heterocycles. The largest absolute Gasteiger partial charge is 0.496 e. The molecule has 1 amide bonds. The van der Waals surface area contributed by atoms with Crippen LogP contribution in [0.5, 0.6) is 5.75 Å². The lowest BCUT2D eigenvalue weighted by atomic mass is 10.2. The number of carbonyl (C=O) groups is 1. The molecule has 0 unspecified atom stereocenters. The topological polar surface area (TPSA) is 76.5 Å². The molecule has 1 heterocycles. The Morgan fingerprint density at radius 2 is 1.82 bits per heavy atom. The zero-order valence-electron chi connectivity index (χ0n) is 15.1. The maximum atomic E-state index is 12.0. The van der Waals surface area contributed by atoms with Gasteiger partial charge in [-0.15, -0.1) is 10.2 Å². The number of hydrogen-bond acceptors (Lipinski definition) is 8. The molecule has 1 N–H and O–H groups in total. The maximum Gasteiger partial charge on any atom is 0.250 e. The summed E-state index contributed by atoms with van der Waals surface area (Å²) >= 11 is 4.47. The fraction of sp³-hybridized carbons (Fsp3) is 0.158. The van der Waals surface area contributed by atoms with E-state index in [9.17, 15) is 4.79 Å². The lowest BCUT2D eigenvalue weighted by molar-refractivity contribution is -0.118. The number of ether oxygens (including phenoxy) is 1. The van der Waals surface area contributed by atoms with Gasteiger partial charge < -0.3 is 4.74 Å². The van der Waals surface area contributed by atoms with Crippen LogP contribution in [-0.2, 0) is 10.5 Å². The van der Waals surface area contributed by atoms with Crippen LogP contribution in [0.4, 0.5) is 0 Å². The van der Waals surface area contributed by atoms with Crippen molar-refractivity contribution in [2.75, 3.05) is 12.9 Å². The highest BCUT2D eigenvalue weighted by Gasteiger charge is 2.08. The van der Waals surface area contributed by atoms with Crippen LogP contribution < -0.4 is 10.2 Å². The van der Waals surface area contributed by atoms with Gasteiger partial charge in [0.15, 0.2) is 8.68 Å². The number of hydrazone groups is 1. The summed E-state index contributed by atoms with van der Waals surface area (Å²) in [5, 5.41) is 12.3. The Hall–Kier alpha value is -2.36. The average molecular weight is 431 g/mol. The van der Waals surface area contributed by atoms with E-state index in [1.165, 1.54) is 28.7 Å². The second-order valence-electron chi connectivity index (χ2n) is 5.43. The molecular formula is C19H18N4O2S3. The monoisotopic (exact) mass is 430 g/mol. The van der Waals surface area contributed by atoms with Crippen molar-refractivity contribution in [1.82, 2.24) is 15.6 Å². The van der Waals surface area contributed by atoms with Gasteiger partial charge in [-0.2, -0.15) is 5.10 Å². The van der Waals surface area contributed by atoms with Gasteiger partial charge in [-0.1, -0.05) is 77.3 Å². The third-order valence-electron chi connectivity index (χ3n) is 3.45. The van der Waals surface area contributed by atoms with Gasteiger partial charge in [-0.25, -0.2) is 5.43 Å². The summed E-state index contributed by atoms with van der Waals surface area (Å²) in [7, 11) is 1.59. The highest BCUT2D eigenvalue weighted by Crippen LogP contribution is 2.30. The zero-order valence-corrected chi connectivity index (χ0v) is 17.5. The van der Waals surface area contributed by atoms with Gasteiger partial charge in [0.05, 0.1) is 19.1 Å². The van der Waals surface area contributed by atoms with Crippen LogP contribution in [0.15, 0.2) is 68.4 Å². The van der Waals surface area contributed by atoms with Crippen LogP contribution in [-0.4, -0.2) is 35.2 Å². The molecule has 3 aromatic rings. The van der Waals surface area contributed by atoms with Crippen LogP contribution in [0.2, 0.25) is 0 Å². The summed E-state index contributed by atoms with van der Waals surface area (Å²) < 4.78 is 6.89. The van der Waals surface area contributed by atoms with E-state index < -0.39 is 0 Å². The summed E-state index contributed by atoms with van der Waals surface area (Å²) in [6, 6.07) is 17.7. The first-order chi connectivity index (χ1) is 13.7. The second kappa shape index (κ2) is 10.8. The van der Waals surface area contributed by atoms with E-state index >= 15 is 0 Å². The average Bonchev–Trinajstić information content (AvgIpc) is 3.20. The molecule has 144 valence electrons. The first-order valence-electron chi connectivity index (χ1n) is 8.32. The molecule has 0 saturated carbocycles. The highest BCUT2D eigenvalue weighted by molar-refractivity contribution is 8.03. The van der Waals surface area contributed by atoms with Crippen molar-refractivity contribution in [3.8, 4) is 5.75 Å². The van der Waals surface area contributed by atoms with Crippen LogP contribution >= 0.6 is 34.9 Å². The van der Waals surface area contributed by atoms with E-state index in [0.29, 0.717) is 5.75 Å². The Balaban J connectivity index is 1.42. The molecule has 0 aliphatic rings. The van der Waals surface area contributed by atoms with E-state index in [4.69, 9.17) is 4.74 Å². The van der Waals surface area contributed by atoms with Gasteiger partial charge in [0.1, 0.15) is 5.75 Å². The number of benzene rings is 2. The van der Waals surface area contributed by atoms with Crippen molar-refractivity contribution in [3.63, 3.8) is 0 Å². The van der Waals surface area contributed by atoms with Gasteiger partial charge in [0.25, 0.3) is 5.91 Å². The quantitative estimate of drug-likeness (QED) is 0.313. The van der Waals surface area contributed by atoms with Gasteiger partial charge in [0, 0.05) is 11.3 Å². The number of amides is 1. The summed E-state index contributed by atoms with van der Waals surface area (Å²) in [4.78, 5) is 12.0. The number of methoxy groups -OCH3 is 1. The molecule has 2 aromatic carbocycles. The standard InChI is InChI=1S/C19H18N4O2S3/c1-25-16-10-6-5-9-15(16)11-20-21-17(24)13-27-19-23-22-18(28-19)26-12-14-7-3-2-4-8-14/h2-11H,12-13H2,1H3,(H,21,24). The molecule has 0 atom stereocenters. The lowest BCUT2D eigenvalue weighted by Gasteiger charge is -2.03. The van der Waals surface area contributed by atoms with Crippen molar-refractivity contribution >= 4 is 47.0 Å². The Morgan fingerprint density at radius 1 is 1.11 bits per heavy atom. The summed E-state index contributed by atoms with van der Waals surface area (Å²) in [6.45, 7) is 0. The van der Waals surface area contributed by atoms with E-state index in [1.54, 1.807) is 25.1 Å². The minimum Gasteiger partial charge on any atom is -0.496 e. The predicted molar refractivity (Wildman–Crippen MR) is 115 cm³/mol. The first-order valence-corrected chi connectivity index (χ1v) is 11.1. The van der Waals surface area contributed by atoms with Crippen LogP contribution in [0.3, 0.4) is 0 Å². The van der Waals surface area contributed by atoms with E-state index in [0.717, 1.165) is 20.0 Å². The number of rotatable bonds is 9. The SMILES string of the molecule is COc1ccccc1C=NNC(=O)CSc1nnc(SCc2ccccc2)s1. The fourth-order valence-corrected chi connectivity index (χ4v) is 4.91. The normalized spacial score (nSPS) is 10.9. The maximum absolute atomic E-state index is 12.0. The molecule has 0 aliphatic carbocycles. The molecule has 0 aliphatic heterocycles. The van der Waals surface area contributed by atoms with E-state index in [-0.39, 0.29) is 11.7 Å². The number of nitrogens with one attached hydrogen (secondary N) is 1. The lowest BCUT2D eigenvalue weighted by Crippen LogP contribution is -2.19. The van der Waals surface area contributed by atoms with Gasteiger partial charge >= 0.3 is 0 Å². The molecule has 0 bridgehead atoms. The molecule has 9 heteroatoms. The number of thioether (sulfide) groups is 2. The number of hydrogen-bond donors (Lipinski definition) is 1. The third kappa shape index (κ3) is 6.36. The molecule has 0 radical (unpaired) electrons. The minimum absolute atomic E-state index is 0.204. The second-order valence-corrected chi connectivity index (χ2v) is 8.85. The Morgan fingerprint density at radius 3 is 2.61 bits per heavy atom. The third-order valence-corrected chi connectivity index (χ3v) is 6.71. The van der Waals surface area contributed by atoms with Crippen LogP contribution in [0, 0.1) is 0 Å². The molecular weight excluding hydrogens is 412 g/mol. The molecule has 3 rings (SSSR count). The zero-order chi connectivity index (χ0) is 19.6. The molecule has 6 nitrogen and oxygen atoms in total. The fourth-order valence-electron chi connectivity index (χ4n) is 2.14. The van der Waals surface area contributed by atoms with Crippen molar-refractivity contribution in [3.05, 3.63) is 65.7 Å². The summed E-state index contributed by atoms with van der Waals surface area (Å²) in [5.74, 6) is 1.56. The van der Waals surface area contributed by atoms with Gasteiger partial charge in [0.2, 0.25) is 0 Å². The van der Waals surface area contributed by atoms with Gasteiger partial charge in [-0.3, -0.25) is 4.79 Å².